The van der Waals surface area contributed by atoms with Gasteiger partial charge < -0.3 is 24.7 Å². The van der Waals surface area contributed by atoms with E-state index in [1.807, 2.05) is 32.0 Å². The molecule has 3 aliphatic heterocycles. The molecule has 0 saturated carbocycles. The van der Waals surface area contributed by atoms with Crippen molar-refractivity contribution < 1.29 is 5.11 Å². The van der Waals surface area contributed by atoms with E-state index in [1.165, 1.54) is 67.5 Å². The van der Waals surface area contributed by atoms with Crippen molar-refractivity contribution in [3.8, 4) is 22.3 Å². The van der Waals surface area contributed by atoms with E-state index in [9.17, 15) is 5.11 Å². The van der Waals surface area contributed by atoms with Crippen molar-refractivity contribution in [1.29, 1.82) is 0 Å². The quantitative estimate of drug-likeness (QED) is 0.180. The normalized spacial score (nSPS) is 13.7. The molecule has 0 atom stereocenters. The fourth-order valence-corrected chi connectivity index (χ4v) is 11.1. The van der Waals surface area contributed by atoms with Crippen LogP contribution in [0.1, 0.15) is 44.4 Å². The Morgan fingerprint density at radius 3 is 1.10 bits per heavy atom. The largest absolute Gasteiger partial charge is 0.386 e. The van der Waals surface area contributed by atoms with Gasteiger partial charge in [0.1, 0.15) is 0 Å². The number of hydrogen-bond acceptors (Lipinski definition) is 5. The summed E-state index contributed by atoms with van der Waals surface area (Å²) in [4.78, 5) is 9.56. The summed E-state index contributed by atoms with van der Waals surface area (Å²) in [5.74, 6) is 0. The van der Waals surface area contributed by atoms with Gasteiger partial charge in [-0.15, -0.1) is 0 Å². The van der Waals surface area contributed by atoms with Crippen molar-refractivity contribution in [2.75, 3.05) is 19.6 Å². The molecule has 0 unspecified atom stereocenters. The molecule has 10 aromatic rings. The molecule has 0 spiro atoms. The highest BCUT2D eigenvalue weighted by Crippen LogP contribution is 2.62. The van der Waals surface area contributed by atoms with Crippen molar-refractivity contribution in [1.82, 2.24) is 0 Å². The van der Waals surface area contributed by atoms with Gasteiger partial charge in [0.25, 0.3) is 0 Å². The summed E-state index contributed by atoms with van der Waals surface area (Å²) in [5, 5.41) is 11.1. The van der Waals surface area contributed by atoms with Crippen LogP contribution in [0.3, 0.4) is 0 Å². The van der Waals surface area contributed by atoms with Crippen LogP contribution in [-0.4, -0.2) is 5.11 Å². The molecule has 71 heavy (non-hydrogen) atoms. The zero-order valence-corrected chi connectivity index (χ0v) is 40.4. The van der Waals surface area contributed by atoms with E-state index in [0.717, 1.165) is 39.7 Å². The molecule has 1 N–H and O–H groups in total. The summed E-state index contributed by atoms with van der Waals surface area (Å²) >= 11 is 0. The van der Waals surface area contributed by atoms with Gasteiger partial charge in [0, 0.05) is 22.1 Å². The number of fused-ring (bicyclic) bond motifs is 6. The minimum atomic E-state index is -0.989. The molecule has 0 saturated heterocycles. The third-order valence-corrected chi connectivity index (χ3v) is 14.3. The van der Waals surface area contributed by atoms with E-state index >= 15 is 0 Å². The van der Waals surface area contributed by atoms with Gasteiger partial charge in [-0.2, -0.15) is 0 Å². The van der Waals surface area contributed by atoms with Gasteiger partial charge in [-0.3, -0.25) is 0 Å². The third kappa shape index (κ3) is 7.28. The van der Waals surface area contributed by atoms with E-state index in [4.69, 9.17) is 0 Å². The Hall–Kier alpha value is -8.64. The van der Waals surface area contributed by atoms with Gasteiger partial charge >= 0.3 is 0 Å². The molecular formula is C66H54N4O. The summed E-state index contributed by atoms with van der Waals surface area (Å²) in [6.45, 7) is 8.38. The van der Waals surface area contributed by atoms with Gasteiger partial charge in [0.15, 0.2) is 0 Å². The molecule has 344 valence electrons. The molecule has 0 amide bonds. The first kappa shape index (κ1) is 43.6. The Morgan fingerprint density at radius 1 is 0.296 bits per heavy atom. The molecule has 0 radical (unpaired) electrons. The van der Waals surface area contributed by atoms with Crippen molar-refractivity contribution in [3.63, 3.8) is 0 Å². The van der Waals surface area contributed by atoms with E-state index in [-0.39, 0.29) is 5.41 Å². The molecular weight excluding hydrogens is 865 g/mol. The summed E-state index contributed by atoms with van der Waals surface area (Å²) in [6.07, 6.45) is 0. The van der Waals surface area contributed by atoms with E-state index in [2.05, 4.69) is 264 Å². The lowest BCUT2D eigenvalue weighted by molar-refractivity contribution is 0.0792. The number of benzene rings is 10. The highest BCUT2D eigenvalue weighted by Gasteiger charge is 2.43. The maximum absolute atomic E-state index is 11.1. The van der Waals surface area contributed by atoms with E-state index < -0.39 is 5.60 Å². The molecule has 0 aromatic heterocycles. The number of aliphatic hydroxyl groups is 1. The van der Waals surface area contributed by atoms with Crippen LogP contribution >= 0.6 is 0 Å². The van der Waals surface area contributed by atoms with Crippen molar-refractivity contribution in [2.24, 2.45) is 0 Å². The predicted molar refractivity (Wildman–Crippen MR) is 297 cm³/mol. The van der Waals surface area contributed by atoms with Crippen LogP contribution in [0.25, 0.3) is 22.3 Å². The second-order valence-corrected chi connectivity index (χ2v) is 19.5. The SMILES string of the molecule is CC(C)(O)c1ccccc1N1c2ccccc2N(c2ccccc2-c2ccccc2)c2ccccc21.CC1(C)c2ccccc2N2c3ccccc3N(c3ccccc3-c3ccccc3)c3cccc1c32. The molecule has 3 aliphatic rings. The van der Waals surface area contributed by atoms with E-state index in [0.29, 0.717) is 0 Å². The predicted octanol–water partition coefficient (Wildman–Crippen LogP) is 18.1. The minimum Gasteiger partial charge on any atom is -0.386 e. The molecule has 0 fully saturated rings. The van der Waals surface area contributed by atoms with Gasteiger partial charge in [-0.05, 0) is 103 Å². The van der Waals surface area contributed by atoms with Gasteiger partial charge in [-0.25, -0.2) is 0 Å². The standard InChI is InChI=1S/C33H28N2O.C33H26N2/c1-33(2,36)26-17-7-9-19-28(26)35-31-22-12-10-20-29(31)34(30-21-11-13-23-32(30)35)27-18-8-6-16-25(27)24-14-4-3-5-15-24;1-33(2)25-16-7-9-19-28(25)35-30-21-11-10-20-29(30)34(31-22-12-17-26(33)32(31)35)27-18-8-6-15-24(27)23-13-4-3-5-14-23/h3-23,36H,1-2H3;3-22H,1-2H3. The second-order valence-electron chi connectivity index (χ2n) is 19.5. The van der Waals surface area contributed by atoms with Gasteiger partial charge in [0.2, 0.25) is 0 Å². The van der Waals surface area contributed by atoms with Crippen LogP contribution in [0.15, 0.2) is 249 Å². The highest BCUT2D eigenvalue weighted by molar-refractivity contribution is 6.07. The monoisotopic (exact) mass is 918 g/mol. The Balaban J connectivity index is 0.000000146. The van der Waals surface area contributed by atoms with Gasteiger partial charge in [0.05, 0.1) is 73.8 Å². The maximum Gasteiger partial charge on any atom is 0.0860 e. The van der Waals surface area contributed by atoms with Crippen molar-refractivity contribution in [2.45, 2.75) is 38.7 Å². The highest BCUT2D eigenvalue weighted by atomic mass is 16.3. The number of rotatable bonds is 6. The zero-order chi connectivity index (χ0) is 48.3. The Kier molecular flexibility index (Phi) is 10.7. The minimum absolute atomic E-state index is 0.102. The first-order chi connectivity index (χ1) is 34.7. The number of hydrogen-bond donors (Lipinski definition) is 1. The summed E-state index contributed by atoms with van der Waals surface area (Å²) in [7, 11) is 0. The van der Waals surface area contributed by atoms with Crippen LogP contribution in [0.5, 0.6) is 0 Å². The molecule has 5 heteroatoms. The van der Waals surface area contributed by atoms with Crippen LogP contribution in [0, 0.1) is 0 Å². The first-order valence-corrected chi connectivity index (χ1v) is 24.5. The van der Waals surface area contributed by atoms with Crippen LogP contribution in [0.2, 0.25) is 0 Å². The fourth-order valence-electron chi connectivity index (χ4n) is 11.1. The van der Waals surface area contributed by atoms with Crippen LogP contribution in [0.4, 0.5) is 68.2 Å². The molecule has 3 heterocycles. The van der Waals surface area contributed by atoms with Crippen LogP contribution in [-0.2, 0) is 11.0 Å². The lowest BCUT2D eigenvalue weighted by Crippen LogP contribution is -2.34. The Morgan fingerprint density at radius 2 is 0.620 bits per heavy atom. The van der Waals surface area contributed by atoms with E-state index in [1.54, 1.807) is 0 Å². The smallest absolute Gasteiger partial charge is 0.0860 e. The summed E-state index contributed by atoms with van der Waals surface area (Å²) in [5.41, 5.74) is 21.0. The van der Waals surface area contributed by atoms with Gasteiger partial charge in [-0.1, -0.05) is 196 Å². The molecule has 10 aromatic carbocycles. The maximum atomic E-state index is 11.1. The van der Waals surface area contributed by atoms with Crippen molar-refractivity contribution in [3.05, 3.63) is 265 Å². The molecule has 5 nitrogen and oxygen atoms in total. The number of anilines is 12. The van der Waals surface area contributed by atoms with Crippen LogP contribution < -0.4 is 19.6 Å². The lowest BCUT2D eigenvalue weighted by Gasteiger charge is -2.48. The third-order valence-electron chi connectivity index (χ3n) is 14.3. The Bertz CT molecular complexity index is 3550. The Labute approximate surface area is 417 Å². The molecule has 0 aliphatic carbocycles. The molecule has 0 bridgehead atoms. The summed E-state index contributed by atoms with van der Waals surface area (Å²) in [6, 6.07) is 88.1. The number of nitrogens with zero attached hydrogens (tertiary/aromatic N) is 4. The topological polar surface area (TPSA) is 33.2 Å². The van der Waals surface area contributed by atoms with Crippen molar-refractivity contribution >= 4 is 68.2 Å². The second kappa shape index (κ2) is 17.4. The lowest BCUT2D eigenvalue weighted by atomic mass is 9.72. The first-order valence-electron chi connectivity index (χ1n) is 24.5. The molecule has 13 rings (SSSR count). The average Bonchev–Trinajstić information content (AvgIpc) is 3.42. The average molecular weight is 919 g/mol. The zero-order valence-electron chi connectivity index (χ0n) is 40.4. The number of para-hydroxylation sites is 11. The summed E-state index contributed by atoms with van der Waals surface area (Å²) < 4.78 is 0. The fraction of sp³-hybridized carbons (Fsp3) is 0.0909.